The van der Waals surface area contributed by atoms with E-state index in [0.717, 1.165) is 16.9 Å². The fourth-order valence-electron chi connectivity index (χ4n) is 3.19. The molecule has 150 valence electrons. The average Bonchev–Trinajstić information content (AvgIpc) is 3.24. The molecule has 0 aliphatic carbocycles. The molecule has 6 nitrogen and oxygen atoms in total. The number of aromatic nitrogens is 3. The first-order valence-corrected chi connectivity index (χ1v) is 9.63. The summed E-state index contributed by atoms with van der Waals surface area (Å²) in [5, 5.41) is 2.92. The Morgan fingerprint density at radius 2 is 1.67 bits per heavy atom. The molecular weight excluding hydrogens is 376 g/mol. The third-order valence-corrected chi connectivity index (χ3v) is 4.63. The van der Waals surface area contributed by atoms with Gasteiger partial charge in [-0.15, -0.1) is 0 Å². The quantitative estimate of drug-likeness (QED) is 0.499. The summed E-state index contributed by atoms with van der Waals surface area (Å²) in [7, 11) is 0. The smallest absolute Gasteiger partial charge is 0.255 e. The molecule has 0 spiro atoms. The summed E-state index contributed by atoms with van der Waals surface area (Å²) in [5.41, 5.74) is 3.43. The highest BCUT2D eigenvalue weighted by Gasteiger charge is 2.10. The Bertz CT molecular complexity index is 1180. The number of amides is 1. The number of hydrogen-bond acceptors (Lipinski definition) is 4. The van der Waals surface area contributed by atoms with Crippen LogP contribution in [0.5, 0.6) is 11.6 Å². The van der Waals surface area contributed by atoms with Crippen molar-refractivity contribution in [2.45, 2.75) is 20.8 Å². The molecule has 0 bridgehead atoms. The van der Waals surface area contributed by atoms with Crippen molar-refractivity contribution in [1.82, 2.24) is 14.5 Å². The molecule has 2 aromatic carbocycles. The van der Waals surface area contributed by atoms with Crippen LogP contribution in [0.25, 0.3) is 5.82 Å². The van der Waals surface area contributed by atoms with E-state index in [1.165, 1.54) is 0 Å². The van der Waals surface area contributed by atoms with Gasteiger partial charge in [-0.1, -0.05) is 17.7 Å². The minimum absolute atomic E-state index is 0.135. The summed E-state index contributed by atoms with van der Waals surface area (Å²) in [6.07, 6.45) is 3.83. The second-order valence-corrected chi connectivity index (χ2v) is 7.10. The van der Waals surface area contributed by atoms with Crippen LogP contribution in [-0.2, 0) is 0 Å². The van der Waals surface area contributed by atoms with E-state index in [-0.39, 0.29) is 5.91 Å². The van der Waals surface area contributed by atoms with Crippen molar-refractivity contribution in [3.05, 3.63) is 95.6 Å². The maximum absolute atomic E-state index is 12.5. The zero-order chi connectivity index (χ0) is 21.1. The molecule has 0 saturated carbocycles. The molecule has 30 heavy (non-hydrogen) atoms. The molecule has 4 rings (SSSR count). The summed E-state index contributed by atoms with van der Waals surface area (Å²) in [6.45, 7) is 5.77. The zero-order valence-corrected chi connectivity index (χ0v) is 17.1. The topological polar surface area (TPSA) is 69.0 Å². The maximum Gasteiger partial charge on any atom is 0.255 e. The summed E-state index contributed by atoms with van der Waals surface area (Å²) in [5.74, 6) is 2.30. The standard InChI is InChI=1S/C24H22N4O2/c1-16-6-11-21(17(2)14-16)24(29)27-19-7-9-20(10-8-19)30-23-15-22(25-18(3)26-23)28-12-4-5-13-28/h4-15H,1-3H3,(H,27,29). The van der Waals surface area contributed by atoms with Gasteiger partial charge in [0.25, 0.3) is 5.91 Å². The molecule has 0 fully saturated rings. The second kappa shape index (κ2) is 8.21. The predicted octanol–water partition coefficient (Wildman–Crippen LogP) is 5.24. The van der Waals surface area contributed by atoms with Gasteiger partial charge >= 0.3 is 0 Å². The lowest BCUT2D eigenvalue weighted by atomic mass is 10.1. The van der Waals surface area contributed by atoms with E-state index in [1.54, 1.807) is 30.3 Å². The van der Waals surface area contributed by atoms with Crippen molar-refractivity contribution < 1.29 is 9.53 Å². The summed E-state index contributed by atoms with van der Waals surface area (Å²) >= 11 is 0. The summed E-state index contributed by atoms with van der Waals surface area (Å²) in [6, 6.07) is 18.6. The maximum atomic E-state index is 12.5. The Labute approximate surface area is 175 Å². The Morgan fingerprint density at radius 3 is 2.37 bits per heavy atom. The fraction of sp³-hybridized carbons (Fsp3) is 0.125. The lowest BCUT2D eigenvalue weighted by Gasteiger charge is -2.10. The third kappa shape index (κ3) is 4.38. The van der Waals surface area contributed by atoms with Gasteiger partial charge in [0.1, 0.15) is 17.4 Å². The number of hydrogen-bond donors (Lipinski definition) is 1. The molecule has 1 amide bonds. The third-order valence-electron chi connectivity index (χ3n) is 4.63. The number of benzene rings is 2. The molecule has 0 aliphatic heterocycles. The van der Waals surface area contributed by atoms with Gasteiger partial charge in [0.15, 0.2) is 0 Å². The minimum Gasteiger partial charge on any atom is -0.439 e. The molecule has 1 N–H and O–H groups in total. The first-order valence-electron chi connectivity index (χ1n) is 9.63. The van der Waals surface area contributed by atoms with Crippen LogP contribution in [0.3, 0.4) is 0 Å². The normalized spacial score (nSPS) is 10.6. The summed E-state index contributed by atoms with van der Waals surface area (Å²) in [4.78, 5) is 21.3. The Kier molecular flexibility index (Phi) is 5.30. The lowest BCUT2D eigenvalue weighted by Crippen LogP contribution is -2.13. The van der Waals surface area contributed by atoms with Crippen LogP contribution in [0.4, 0.5) is 5.69 Å². The average molecular weight is 398 g/mol. The van der Waals surface area contributed by atoms with Crippen LogP contribution < -0.4 is 10.1 Å². The van der Waals surface area contributed by atoms with E-state index >= 15 is 0 Å². The zero-order valence-electron chi connectivity index (χ0n) is 17.1. The Morgan fingerprint density at radius 1 is 0.933 bits per heavy atom. The van der Waals surface area contributed by atoms with Gasteiger partial charge in [0.2, 0.25) is 5.88 Å². The number of carbonyl (C=O) groups is 1. The van der Waals surface area contributed by atoms with Gasteiger partial charge in [-0.3, -0.25) is 4.79 Å². The number of nitrogens with one attached hydrogen (secondary N) is 1. The van der Waals surface area contributed by atoms with Gasteiger partial charge in [0.05, 0.1) is 0 Å². The largest absolute Gasteiger partial charge is 0.439 e. The van der Waals surface area contributed by atoms with Crippen LogP contribution >= 0.6 is 0 Å². The van der Waals surface area contributed by atoms with Crippen molar-refractivity contribution in [2.24, 2.45) is 0 Å². The van der Waals surface area contributed by atoms with Gasteiger partial charge in [-0.25, -0.2) is 4.98 Å². The van der Waals surface area contributed by atoms with E-state index in [0.29, 0.717) is 28.7 Å². The fourth-order valence-corrected chi connectivity index (χ4v) is 3.19. The summed E-state index contributed by atoms with van der Waals surface area (Å²) < 4.78 is 7.79. The molecule has 0 radical (unpaired) electrons. The molecule has 0 atom stereocenters. The molecule has 6 heteroatoms. The lowest BCUT2D eigenvalue weighted by molar-refractivity contribution is 0.102. The van der Waals surface area contributed by atoms with E-state index in [2.05, 4.69) is 15.3 Å². The van der Waals surface area contributed by atoms with Crippen molar-refractivity contribution in [3.8, 4) is 17.4 Å². The number of anilines is 1. The van der Waals surface area contributed by atoms with E-state index in [1.807, 2.05) is 68.1 Å². The van der Waals surface area contributed by atoms with Gasteiger partial charge in [0, 0.05) is 29.7 Å². The Balaban J connectivity index is 1.47. The monoisotopic (exact) mass is 398 g/mol. The number of nitrogens with zero attached hydrogens (tertiary/aromatic N) is 3. The Hall–Kier alpha value is -3.93. The van der Waals surface area contributed by atoms with Crippen molar-refractivity contribution >= 4 is 11.6 Å². The first-order chi connectivity index (χ1) is 14.5. The SMILES string of the molecule is Cc1ccc(C(=O)Nc2ccc(Oc3cc(-n4cccc4)nc(C)n3)cc2)c(C)c1. The van der Waals surface area contributed by atoms with Crippen LogP contribution in [0.15, 0.2) is 73.1 Å². The minimum atomic E-state index is -0.135. The molecule has 0 unspecified atom stereocenters. The molecular formula is C24H22N4O2. The van der Waals surface area contributed by atoms with Gasteiger partial charge < -0.3 is 14.6 Å². The van der Waals surface area contributed by atoms with Crippen molar-refractivity contribution in [1.29, 1.82) is 0 Å². The molecule has 2 aromatic heterocycles. The van der Waals surface area contributed by atoms with Crippen LogP contribution in [0, 0.1) is 20.8 Å². The van der Waals surface area contributed by atoms with Crippen LogP contribution in [0.2, 0.25) is 0 Å². The highest BCUT2D eigenvalue weighted by Crippen LogP contribution is 2.23. The van der Waals surface area contributed by atoms with E-state index in [9.17, 15) is 4.79 Å². The molecule has 4 aromatic rings. The van der Waals surface area contributed by atoms with Crippen molar-refractivity contribution in [2.75, 3.05) is 5.32 Å². The van der Waals surface area contributed by atoms with E-state index in [4.69, 9.17) is 4.74 Å². The van der Waals surface area contributed by atoms with Crippen LogP contribution in [-0.4, -0.2) is 20.4 Å². The highest BCUT2D eigenvalue weighted by molar-refractivity contribution is 6.05. The van der Waals surface area contributed by atoms with Crippen molar-refractivity contribution in [3.63, 3.8) is 0 Å². The first kappa shape index (κ1) is 19.4. The van der Waals surface area contributed by atoms with Crippen LogP contribution in [0.1, 0.15) is 27.3 Å². The number of carbonyl (C=O) groups excluding carboxylic acids is 1. The van der Waals surface area contributed by atoms with E-state index < -0.39 is 0 Å². The second-order valence-electron chi connectivity index (χ2n) is 7.10. The van der Waals surface area contributed by atoms with Gasteiger partial charge in [-0.2, -0.15) is 4.98 Å². The van der Waals surface area contributed by atoms with Gasteiger partial charge in [-0.05, 0) is 68.8 Å². The molecule has 0 saturated heterocycles. The predicted molar refractivity (Wildman–Crippen MR) is 116 cm³/mol. The number of rotatable bonds is 5. The molecule has 0 aliphatic rings. The molecule has 2 heterocycles. The number of ether oxygens (including phenoxy) is 1. The highest BCUT2D eigenvalue weighted by atomic mass is 16.5. The number of aryl methyl sites for hydroxylation is 3.